The van der Waals surface area contributed by atoms with Gasteiger partial charge >= 0.3 is 0 Å². The van der Waals surface area contributed by atoms with Crippen LogP contribution in [0.25, 0.3) is 0 Å². The van der Waals surface area contributed by atoms with Crippen molar-refractivity contribution in [2.75, 3.05) is 6.54 Å². The molecule has 21 heavy (non-hydrogen) atoms. The van der Waals surface area contributed by atoms with E-state index in [-0.39, 0.29) is 0 Å². The first-order valence-corrected chi connectivity index (χ1v) is 7.98. The Labute approximate surface area is 131 Å². The first-order chi connectivity index (χ1) is 10.1. The van der Waals surface area contributed by atoms with Crippen LogP contribution in [0.5, 0.6) is 5.75 Å². The van der Waals surface area contributed by atoms with Crippen molar-refractivity contribution in [2.45, 2.75) is 33.3 Å². The lowest BCUT2D eigenvalue weighted by atomic mass is 9.98. The van der Waals surface area contributed by atoms with Crippen molar-refractivity contribution in [3.63, 3.8) is 0 Å². The number of ether oxygens (including phenoxy) is 1. The molecule has 2 rings (SSSR count). The van der Waals surface area contributed by atoms with Crippen LogP contribution in [0.4, 0.5) is 0 Å². The van der Waals surface area contributed by atoms with Gasteiger partial charge in [0.2, 0.25) is 0 Å². The minimum Gasteiger partial charge on any atom is -0.488 e. The molecule has 1 aromatic heterocycles. The first-order valence-electron chi connectivity index (χ1n) is 7.10. The molecule has 0 atom stereocenters. The summed E-state index contributed by atoms with van der Waals surface area (Å²) in [5, 5.41) is 2.04. The standard InChI is InChI=1S/C18H21NOS/c1-13(2)18-7-6-16(9-14(18)3)20-11-17-10-15(12-21-17)5-4-8-19/h6-7,9-10,12-13H,8,11,19H2,1-3H3. The summed E-state index contributed by atoms with van der Waals surface area (Å²) in [6, 6.07) is 8.37. The van der Waals surface area contributed by atoms with Gasteiger partial charge < -0.3 is 10.5 Å². The zero-order valence-electron chi connectivity index (χ0n) is 12.8. The molecule has 0 fully saturated rings. The molecule has 0 aliphatic carbocycles. The largest absolute Gasteiger partial charge is 0.488 e. The Hall–Kier alpha value is -1.76. The maximum absolute atomic E-state index is 5.86. The lowest BCUT2D eigenvalue weighted by Gasteiger charge is -2.12. The molecule has 0 saturated heterocycles. The van der Waals surface area contributed by atoms with Crippen LogP contribution in [-0.2, 0) is 6.61 Å². The van der Waals surface area contributed by atoms with Crippen LogP contribution in [0, 0.1) is 18.8 Å². The van der Waals surface area contributed by atoms with Crippen molar-refractivity contribution in [3.8, 4) is 17.6 Å². The Morgan fingerprint density at radius 1 is 1.29 bits per heavy atom. The zero-order valence-corrected chi connectivity index (χ0v) is 13.6. The Morgan fingerprint density at radius 3 is 2.76 bits per heavy atom. The first kappa shape index (κ1) is 15.6. The van der Waals surface area contributed by atoms with Crippen LogP contribution >= 0.6 is 11.3 Å². The fourth-order valence-electron chi connectivity index (χ4n) is 2.22. The number of benzene rings is 1. The van der Waals surface area contributed by atoms with E-state index < -0.39 is 0 Å². The Bertz CT molecular complexity index is 661. The summed E-state index contributed by atoms with van der Waals surface area (Å²) in [6.45, 7) is 7.52. The minimum atomic E-state index is 0.392. The van der Waals surface area contributed by atoms with Crippen molar-refractivity contribution >= 4 is 11.3 Å². The summed E-state index contributed by atoms with van der Waals surface area (Å²) < 4.78 is 5.86. The second-order valence-electron chi connectivity index (χ2n) is 5.27. The molecule has 0 unspecified atom stereocenters. The topological polar surface area (TPSA) is 35.2 Å². The number of nitrogens with two attached hydrogens (primary N) is 1. The maximum Gasteiger partial charge on any atom is 0.122 e. The van der Waals surface area contributed by atoms with E-state index in [1.54, 1.807) is 11.3 Å². The Balaban J connectivity index is 2.00. The molecule has 2 N–H and O–H groups in total. The van der Waals surface area contributed by atoms with E-state index in [2.05, 4.69) is 50.8 Å². The smallest absolute Gasteiger partial charge is 0.122 e. The summed E-state index contributed by atoms with van der Waals surface area (Å²) in [4.78, 5) is 1.17. The third kappa shape index (κ3) is 4.35. The predicted octanol–water partition coefficient (Wildman–Crippen LogP) is 4.07. The van der Waals surface area contributed by atoms with Crippen molar-refractivity contribution in [1.82, 2.24) is 0 Å². The van der Waals surface area contributed by atoms with Crippen LogP contribution in [0.2, 0.25) is 0 Å². The number of rotatable bonds is 4. The summed E-state index contributed by atoms with van der Waals surface area (Å²) in [7, 11) is 0. The summed E-state index contributed by atoms with van der Waals surface area (Å²) >= 11 is 1.66. The molecule has 0 aliphatic heterocycles. The van der Waals surface area contributed by atoms with Crippen LogP contribution in [0.3, 0.4) is 0 Å². The van der Waals surface area contributed by atoms with E-state index in [1.165, 1.54) is 16.0 Å². The average Bonchev–Trinajstić information content (AvgIpc) is 2.90. The van der Waals surface area contributed by atoms with E-state index >= 15 is 0 Å². The van der Waals surface area contributed by atoms with Crippen LogP contribution in [0.1, 0.15) is 41.3 Å². The van der Waals surface area contributed by atoms with Crippen LogP contribution in [-0.4, -0.2) is 6.54 Å². The highest BCUT2D eigenvalue weighted by molar-refractivity contribution is 7.10. The molecular formula is C18H21NOS. The van der Waals surface area contributed by atoms with Crippen molar-refractivity contribution < 1.29 is 4.74 Å². The SMILES string of the molecule is Cc1cc(OCc2cc(C#CCN)cs2)ccc1C(C)C. The second-order valence-corrected chi connectivity index (χ2v) is 6.27. The van der Waals surface area contributed by atoms with Gasteiger partial charge in [0.05, 0.1) is 6.54 Å². The molecule has 2 aromatic rings. The third-order valence-electron chi connectivity index (χ3n) is 3.23. The molecule has 0 spiro atoms. The minimum absolute atomic E-state index is 0.392. The highest BCUT2D eigenvalue weighted by Gasteiger charge is 2.05. The number of thiophene rings is 1. The highest BCUT2D eigenvalue weighted by atomic mass is 32.1. The Morgan fingerprint density at radius 2 is 2.10 bits per heavy atom. The number of hydrogen-bond donors (Lipinski definition) is 1. The van der Waals surface area contributed by atoms with Crippen LogP contribution < -0.4 is 10.5 Å². The monoisotopic (exact) mass is 299 g/mol. The molecule has 1 aromatic carbocycles. The summed E-state index contributed by atoms with van der Waals surface area (Å²) in [5.74, 6) is 7.35. The van der Waals surface area contributed by atoms with Gasteiger partial charge in [-0.15, -0.1) is 11.3 Å². The lowest BCUT2D eigenvalue weighted by Crippen LogP contribution is -1.96. The number of hydrogen-bond acceptors (Lipinski definition) is 3. The van der Waals surface area contributed by atoms with E-state index in [0.29, 0.717) is 19.1 Å². The van der Waals surface area contributed by atoms with Crippen LogP contribution in [0.15, 0.2) is 29.6 Å². The lowest BCUT2D eigenvalue weighted by molar-refractivity contribution is 0.309. The van der Waals surface area contributed by atoms with Gasteiger partial charge in [-0.05, 0) is 42.2 Å². The van der Waals surface area contributed by atoms with E-state index in [0.717, 1.165) is 11.3 Å². The van der Waals surface area contributed by atoms with E-state index in [9.17, 15) is 0 Å². The average molecular weight is 299 g/mol. The molecule has 110 valence electrons. The van der Waals surface area contributed by atoms with Crippen molar-refractivity contribution in [1.29, 1.82) is 0 Å². The molecule has 0 amide bonds. The molecule has 1 heterocycles. The van der Waals surface area contributed by atoms with Gasteiger partial charge in [0.25, 0.3) is 0 Å². The second kappa shape index (κ2) is 7.31. The van der Waals surface area contributed by atoms with Crippen molar-refractivity contribution in [2.24, 2.45) is 5.73 Å². The Kier molecular flexibility index (Phi) is 5.44. The summed E-state index contributed by atoms with van der Waals surface area (Å²) in [5.41, 5.74) is 9.03. The molecule has 3 heteroatoms. The van der Waals surface area contributed by atoms with Gasteiger partial charge in [-0.25, -0.2) is 0 Å². The normalized spacial score (nSPS) is 10.3. The fraction of sp³-hybridized carbons (Fsp3) is 0.333. The third-order valence-corrected chi connectivity index (χ3v) is 4.14. The van der Waals surface area contributed by atoms with Gasteiger partial charge in [-0.2, -0.15) is 0 Å². The molecule has 0 saturated carbocycles. The van der Waals surface area contributed by atoms with Gasteiger partial charge in [-0.1, -0.05) is 31.8 Å². The van der Waals surface area contributed by atoms with Gasteiger partial charge in [0.1, 0.15) is 12.4 Å². The quantitative estimate of drug-likeness (QED) is 0.864. The van der Waals surface area contributed by atoms with Gasteiger partial charge in [0, 0.05) is 15.8 Å². The fourth-order valence-corrected chi connectivity index (χ4v) is 2.94. The summed E-state index contributed by atoms with van der Waals surface area (Å²) in [6.07, 6.45) is 0. The molecule has 0 bridgehead atoms. The predicted molar refractivity (Wildman–Crippen MR) is 89.9 cm³/mol. The highest BCUT2D eigenvalue weighted by Crippen LogP contribution is 2.24. The molecule has 0 aliphatic rings. The molecular weight excluding hydrogens is 278 g/mol. The van der Waals surface area contributed by atoms with E-state index in [1.807, 2.05) is 11.4 Å². The zero-order chi connectivity index (χ0) is 15.2. The van der Waals surface area contributed by atoms with Gasteiger partial charge in [0.15, 0.2) is 0 Å². The van der Waals surface area contributed by atoms with E-state index in [4.69, 9.17) is 10.5 Å². The van der Waals surface area contributed by atoms with Gasteiger partial charge in [-0.3, -0.25) is 0 Å². The molecule has 2 nitrogen and oxygen atoms in total. The number of aryl methyl sites for hydroxylation is 1. The maximum atomic E-state index is 5.86. The van der Waals surface area contributed by atoms with Crippen molar-refractivity contribution in [3.05, 3.63) is 51.2 Å². The molecule has 0 radical (unpaired) electrons.